The van der Waals surface area contributed by atoms with Gasteiger partial charge in [0.2, 0.25) is 0 Å². The maximum atomic E-state index is 2.23. The number of hydrogen-bond donors (Lipinski definition) is 0. The maximum Gasteiger partial charge on any atom is -0.412 e. The van der Waals surface area contributed by atoms with Crippen molar-refractivity contribution in [3.8, 4) is 0 Å². The summed E-state index contributed by atoms with van der Waals surface area (Å²) in [5.74, 6) is 0. The Labute approximate surface area is 52.5 Å². The first-order valence-corrected chi connectivity index (χ1v) is 3.18. The third-order valence-electron chi connectivity index (χ3n) is 0. The van der Waals surface area contributed by atoms with E-state index >= 15 is 0 Å². The van der Waals surface area contributed by atoms with Gasteiger partial charge in [0.05, 0.1) is 0 Å². The van der Waals surface area contributed by atoms with Gasteiger partial charge in [-0.05, 0) is 0 Å². The fourth-order valence-corrected chi connectivity index (χ4v) is 0. The van der Waals surface area contributed by atoms with Crippen LogP contribution in [0.1, 0.15) is 20.8 Å². The van der Waals surface area contributed by atoms with E-state index in [1.54, 1.807) is 22.5 Å². The Morgan fingerprint density at radius 2 is 1.17 bits per heavy atom. The van der Waals surface area contributed by atoms with Crippen molar-refractivity contribution in [1.82, 2.24) is 0 Å². The Bertz CT molecular complexity index is 23.0. The summed E-state index contributed by atoms with van der Waals surface area (Å²) in [5, 5.41) is 0. The smallest absolute Gasteiger partial charge is 0.412 e. The molecule has 0 unspecified atom stereocenters. The molecule has 0 aromatic heterocycles. The summed E-state index contributed by atoms with van der Waals surface area (Å²) in [7, 11) is 0. The summed E-state index contributed by atoms with van der Waals surface area (Å²) >= 11 is 1.62. The SMILES string of the molecule is C[C](C)(C)[Sn].O. The Morgan fingerprint density at radius 1 is 1.17 bits per heavy atom. The molecule has 0 amide bonds. The van der Waals surface area contributed by atoms with Crippen LogP contribution < -0.4 is 0 Å². The monoisotopic (exact) mass is 195 g/mol. The molecular formula is C4H11OSn. The van der Waals surface area contributed by atoms with Gasteiger partial charge in [0.25, 0.3) is 0 Å². The van der Waals surface area contributed by atoms with Crippen LogP contribution in [0.4, 0.5) is 0 Å². The minimum Gasteiger partial charge on any atom is -0.412 e. The van der Waals surface area contributed by atoms with Crippen LogP contribution in [-0.2, 0) is 0 Å². The molecule has 2 heteroatoms. The van der Waals surface area contributed by atoms with Crippen molar-refractivity contribution in [1.29, 1.82) is 0 Å². The Morgan fingerprint density at radius 3 is 1.17 bits per heavy atom. The van der Waals surface area contributed by atoms with Crippen molar-refractivity contribution in [3.05, 3.63) is 0 Å². The molecule has 3 radical (unpaired) electrons. The van der Waals surface area contributed by atoms with Crippen LogP contribution in [0.15, 0.2) is 0 Å². The zero-order valence-corrected chi connectivity index (χ0v) is 7.35. The van der Waals surface area contributed by atoms with Crippen molar-refractivity contribution in [2.24, 2.45) is 0 Å². The minimum absolute atomic E-state index is 0. The summed E-state index contributed by atoms with van der Waals surface area (Å²) in [6, 6.07) is 0. The third kappa shape index (κ3) is 117. The molecule has 0 saturated carbocycles. The van der Waals surface area contributed by atoms with Gasteiger partial charge in [-0.1, -0.05) is 0 Å². The molecule has 0 aliphatic heterocycles. The van der Waals surface area contributed by atoms with Gasteiger partial charge in [-0.3, -0.25) is 0 Å². The van der Waals surface area contributed by atoms with E-state index in [2.05, 4.69) is 20.8 Å². The zero-order valence-electron chi connectivity index (χ0n) is 4.50. The summed E-state index contributed by atoms with van der Waals surface area (Å²) in [6.45, 7) is 6.68. The molecule has 0 aliphatic rings. The molecule has 1 nitrogen and oxygen atoms in total. The second-order valence-electron chi connectivity index (χ2n) is 2.25. The zero-order chi connectivity index (χ0) is 4.50. The molecular weight excluding hydrogens is 183 g/mol. The van der Waals surface area contributed by atoms with E-state index < -0.39 is 0 Å². The van der Waals surface area contributed by atoms with Gasteiger partial charge in [-0.15, -0.1) is 0 Å². The van der Waals surface area contributed by atoms with Crippen LogP contribution in [0.3, 0.4) is 0 Å². The van der Waals surface area contributed by atoms with Crippen LogP contribution in [0.25, 0.3) is 0 Å². The number of rotatable bonds is 0. The molecule has 0 bridgehead atoms. The molecule has 0 rings (SSSR count). The average Bonchev–Trinajstić information content (AvgIpc) is 0.722. The van der Waals surface area contributed by atoms with Gasteiger partial charge in [0.15, 0.2) is 0 Å². The molecule has 0 atom stereocenters. The summed E-state index contributed by atoms with van der Waals surface area (Å²) in [4.78, 5) is 0. The molecule has 0 aromatic rings. The van der Waals surface area contributed by atoms with Gasteiger partial charge < -0.3 is 5.48 Å². The van der Waals surface area contributed by atoms with Gasteiger partial charge in [-0.2, -0.15) is 0 Å². The quantitative estimate of drug-likeness (QED) is 0.504. The van der Waals surface area contributed by atoms with Gasteiger partial charge >= 0.3 is 46.7 Å². The van der Waals surface area contributed by atoms with E-state index in [1.165, 1.54) is 0 Å². The van der Waals surface area contributed by atoms with Gasteiger partial charge in [0.1, 0.15) is 0 Å². The van der Waals surface area contributed by atoms with E-state index in [1.807, 2.05) is 0 Å². The van der Waals surface area contributed by atoms with Crippen LogP contribution in [-0.4, -0.2) is 28.0 Å². The van der Waals surface area contributed by atoms with Gasteiger partial charge in [-0.25, -0.2) is 0 Å². The maximum absolute atomic E-state index is 2.23. The van der Waals surface area contributed by atoms with Crippen LogP contribution in [0, 0.1) is 0 Å². The Balaban J connectivity index is 0. The molecule has 37 valence electrons. The van der Waals surface area contributed by atoms with E-state index in [0.29, 0.717) is 3.43 Å². The van der Waals surface area contributed by atoms with Crippen LogP contribution in [0.5, 0.6) is 0 Å². The van der Waals surface area contributed by atoms with Gasteiger partial charge in [0, 0.05) is 0 Å². The predicted octanol–water partition coefficient (Wildman–Crippen LogP) is 0.549. The topological polar surface area (TPSA) is 31.5 Å². The summed E-state index contributed by atoms with van der Waals surface area (Å²) in [5.41, 5.74) is 0. The molecule has 2 N–H and O–H groups in total. The first-order chi connectivity index (χ1) is 2.00. The van der Waals surface area contributed by atoms with Crippen molar-refractivity contribution >= 4 is 22.5 Å². The third-order valence-corrected chi connectivity index (χ3v) is 0. The predicted molar refractivity (Wildman–Crippen MR) is 29.1 cm³/mol. The summed E-state index contributed by atoms with van der Waals surface area (Å²) in [6.07, 6.45) is 0. The largest absolute Gasteiger partial charge is 0.412 e. The summed E-state index contributed by atoms with van der Waals surface area (Å²) < 4.78 is 0.590. The molecule has 0 spiro atoms. The molecule has 0 saturated heterocycles. The molecule has 0 heterocycles. The van der Waals surface area contributed by atoms with Crippen molar-refractivity contribution in [2.45, 2.75) is 24.2 Å². The van der Waals surface area contributed by atoms with E-state index in [-0.39, 0.29) is 5.48 Å². The van der Waals surface area contributed by atoms with Crippen molar-refractivity contribution in [2.75, 3.05) is 0 Å². The van der Waals surface area contributed by atoms with E-state index in [4.69, 9.17) is 0 Å². The first-order valence-electron chi connectivity index (χ1n) is 1.75. The fraction of sp³-hybridized carbons (Fsp3) is 1.00. The van der Waals surface area contributed by atoms with E-state index in [0.717, 1.165) is 0 Å². The minimum atomic E-state index is 0. The Hall–Kier alpha value is 0.759. The Kier molecular flexibility index (Phi) is 4.71. The molecule has 0 fully saturated rings. The standard InChI is InChI=1S/C4H9.H2O.Sn/c1-4(2)3;;/h1-3H3;1H2;. The fourth-order valence-electron chi connectivity index (χ4n) is 0. The molecule has 6 heavy (non-hydrogen) atoms. The second-order valence-corrected chi connectivity index (χ2v) is 6.53. The van der Waals surface area contributed by atoms with Crippen molar-refractivity contribution in [3.63, 3.8) is 0 Å². The van der Waals surface area contributed by atoms with Crippen LogP contribution >= 0.6 is 0 Å². The van der Waals surface area contributed by atoms with Crippen molar-refractivity contribution < 1.29 is 5.48 Å². The normalized spacial score (nSPS) is 10.0. The average molecular weight is 194 g/mol. The molecule has 0 aliphatic carbocycles. The van der Waals surface area contributed by atoms with Crippen LogP contribution in [0.2, 0.25) is 3.43 Å². The van der Waals surface area contributed by atoms with E-state index in [9.17, 15) is 0 Å². The first kappa shape index (κ1) is 9.90. The molecule has 0 aromatic carbocycles. The second kappa shape index (κ2) is 2.85. The number of hydrogen-bond acceptors (Lipinski definition) is 0.